The summed E-state index contributed by atoms with van der Waals surface area (Å²) < 4.78 is 69.1. The second-order valence-corrected chi connectivity index (χ2v) is 37.5. The lowest BCUT2D eigenvalue weighted by molar-refractivity contribution is -0.153. The second-order valence-electron chi connectivity index (χ2n) is 37.5. The minimum Gasteiger partial charge on any atom is -0.469 e. The number of hydrogen-bond donors (Lipinski definition) is 0. The van der Waals surface area contributed by atoms with Crippen LogP contribution in [0, 0.1) is 164 Å². The van der Waals surface area contributed by atoms with E-state index in [9.17, 15) is 47.9 Å². The molecule has 101 heavy (non-hydrogen) atoms. The van der Waals surface area contributed by atoms with Crippen molar-refractivity contribution in [2.75, 3.05) is 14.2 Å². The van der Waals surface area contributed by atoms with Crippen LogP contribution in [0.2, 0.25) is 0 Å². The van der Waals surface area contributed by atoms with E-state index in [0.29, 0.717) is 70.9 Å². The molecule has 40 atom stereocenters. The molecule has 24 rings (SSSR count). The van der Waals surface area contributed by atoms with E-state index in [-0.39, 0.29) is 208 Å². The van der Waals surface area contributed by atoms with Crippen molar-refractivity contribution in [3.63, 3.8) is 0 Å². The molecule has 0 aromatic carbocycles. The quantitative estimate of drug-likeness (QED) is 0.188. The van der Waals surface area contributed by atoms with Crippen molar-refractivity contribution in [2.45, 2.75) is 246 Å². The van der Waals surface area contributed by atoms with Gasteiger partial charge in [-0.05, 0) is 131 Å². The van der Waals surface area contributed by atoms with Crippen molar-refractivity contribution < 1.29 is 110 Å². The summed E-state index contributed by atoms with van der Waals surface area (Å²) in [4.78, 5) is 115. The zero-order valence-electron chi connectivity index (χ0n) is 61.0. The van der Waals surface area contributed by atoms with E-state index in [0.717, 1.165) is 62.7 Å². The van der Waals surface area contributed by atoms with Crippen LogP contribution in [0.4, 0.5) is 0 Å². The Morgan fingerprint density at radius 3 is 1.65 bits per heavy atom. The lowest BCUT2D eigenvalue weighted by Crippen LogP contribution is -2.41. The van der Waals surface area contributed by atoms with Crippen molar-refractivity contribution in [1.29, 1.82) is 0 Å². The topological polar surface area (TPSA) is 291 Å². The van der Waals surface area contributed by atoms with E-state index >= 15 is 0 Å². The highest BCUT2D eigenvalue weighted by atomic mass is 16.6. The van der Waals surface area contributed by atoms with Gasteiger partial charge in [0.05, 0.1) is 85.3 Å². The zero-order valence-corrected chi connectivity index (χ0v) is 61.0. The van der Waals surface area contributed by atoms with E-state index in [4.69, 9.17) is 61.6 Å². The molecule has 14 heterocycles. The van der Waals surface area contributed by atoms with Gasteiger partial charge in [0.1, 0.15) is 72.6 Å². The number of esters is 10. The SMILES string of the molecule is CC1(C)C2CC3C(=O)OC1C3C2.CC1(C)C2CC3C(=O)OC1C3O2.CC1C2(C)CC3C(=O)OC1(C)C3C2.CC1C2CC3C(=O)OC1C3O2.CC1C2CC3OC(=O)C1(C)C3C2.CC1C2CC3OC(=O)C1C3C2.COC(=O)C1C2CC3C(OC(=O)C31)C2C.COC(=O)C1C2OC3C(OC(=O)C31)C2C. The molecule has 14 aliphatic heterocycles. The molecule has 24 fully saturated rings. The Morgan fingerprint density at radius 2 is 1.04 bits per heavy atom. The van der Waals surface area contributed by atoms with Gasteiger partial charge in [-0.2, -0.15) is 0 Å². The number of hydrogen-bond acceptors (Lipinski definition) is 23. The minimum atomic E-state index is -0.471. The van der Waals surface area contributed by atoms with Gasteiger partial charge in [0.25, 0.3) is 0 Å². The Balaban J connectivity index is 0.0000000862. The predicted molar refractivity (Wildman–Crippen MR) is 346 cm³/mol. The van der Waals surface area contributed by atoms with Crippen LogP contribution >= 0.6 is 0 Å². The predicted octanol–water partition coefficient (Wildman–Crippen LogP) is 7.77. The molecule has 0 radical (unpaired) electrons. The molecule has 10 aliphatic carbocycles. The summed E-state index contributed by atoms with van der Waals surface area (Å²) >= 11 is 0. The summed E-state index contributed by atoms with van der Waals surface area (Å²) in [5.74, 6) is 6.22. The van der Waals surface area contributed by atoms with E-state index in [2.05, 4.69) is 83.1 Å². The molecule has 0 aromatic heterocycles. The Bertz CT molecular complexity index is 3420. The van der Waals surface area contributed by atoms with E-state index in [1.807, 2.05) is 6.92 Å². The van der Waals surface area contributed by atoms with Gasteiger partial charge >= 0.3 is 59.7 Å². The number of fused-ring (bicyclic) bond motifs is 8. The lowest BCUT2D eigenvalue weighted by Gasteiger charge is -2.37. The second kappa shape index (κ2) is 23.0. The minimum absolute atomic E-state index is 0.0220. The van der Waals surface area contributed by atoms with Crippen molar-refractivity contribution >= 4 is 59.7 Å². The first kappa shape index (κ1) is 68.7. The van der Waals surface area contributed by atoms with Crippen LogP contribution in [0.25, 0.3) is 0 Å². The fraction of sp³-hybridized carbons (Fsp3) is 0.872. The van der Waals surface area contributed by atoms with Crippen LogP contribution in [-0.4, -0.2) is 159 Å². The Labute approximate surface area is 590 Å². The number of rotatable bonds is 2. The van der Waals surface area contributed by atoms with E-state index < -0.39 is 11.8 Å². The first-order valence-corrected chi connectivity index (χ1v) is 38.4. The molecule has 554 valence electrons. The van der Waals surface area contributed by atoms with Gasteiger partial charge in [0.2, 0.25) is 0 Å². The van der Waals surface area contributed by atoms with Gasteiger partial charge in [-0.15, -0.1) is 0 Å². The van der Waals surface area contributed by atoms with Crippen LogP contribution in [0.15, 0.2) is 0 Å². The summed E-state index contributed by atoms with van der Waals surface area (Å²) in [5.41, 5.74) is 0.416. The van der Waals surface area contributed by atoms with Crippen LogP contribution in [0.1, 0.15) is 161 Å². The Kier molecular flexibility index (Phi) is 15.7. The molecule has 0 amide bonds. The lowest BCUT2D eigenvalue weighted by atomic mass is 9.69. The maximum Gasteiger partial charge on any atom is 0.313 e. The zero-order chi connectivity index (χ0) is 71.6. The average molecular weight is 1410 g/mol. The number of carbonyl (C=O) groups is 10. The van der Waals surface area contributed by atoms with Crippen molar-refractivity contribution in [1.82, 2.24) is 0 Å². The average Bonchev–Trinajstić information content (AvgIpc) is 1.52. The highest BCUT2D eigenvalue weighted by molar-refractivity contribution is 5.87. The molecular weight excluding hydrogens is 1300 g/mol. The summed E-state index contributed by atoms with van der Waals surface area (Å²) in [5, 5.41) is 0. The van der Waals surface area contributed by atoms with Gasteiger partial charge in [0, 0.05) is 58.2 Å². The highest BCUT2D eigenvalue weighted by Crippen LogP contribution is 2.70. The van der Waals surface area contributed by atoms with E-state index in [1.54, 1.807) is 0 Å². The maximum absolute atomic E-state index is 11.7. The molecule has 23 nitrogen and oxygen atoms in total. The maximum atomic E-state index is 11.7. The summed E-state index contributed by atoms with van der Waals surface area (Å²) in [7, 11) is 2.72. The monoisotopic (exact) mass is 1410 g/mol. The van der Waals surface area contributed by atoms with Crippen LogP contribution in [0.3, 0.4) is 0 Å². The highest BCUT2D eigenvalue weighted by Gasteiger charge is 2.74. The largest absolute Gasteiger partial charge is 0.469 e. The fourth-order valence-corrected chi connectivity index (χ4v) is 26.7. The van der Waals surface area contributed by atoms with Gasteiger partial charge < -0.3 is 61.6 Å². The van der Waals surface area contributed by atoms with Gasteiger partial charge in [-0.1, -0.05) is 76.2 Å². The Hall–Kier alpha value is -5.42. The third-order valence-electron chi connectivity index (χ3n) is 33.0. The van der Waals surface area contributed by atoms with Crippen molar-refractivity contribution in [3.8, 4) is 0 Å². The molecule has 40 unspecified atom stereocenters. The molecule has 24 aliphatic rings. The van der Waals surface area contributed by atoms with Gasteiger partial charge in [0.15, 0.2) is 0 Å². The van der Waals surface area contributed by atoms with E-state index in [1.165, 1.54) is 39.9 Å². The molecule has 10 saturated carbocycles. The third-order valence-corrected chi connectivity index (χ3v) is 33.0. The number of carbonyl (C=O) groups excluding carboxylic acids is 10. The standard InChI is InChI=1S/C11H14O4.C11H16O2.C10H12O5.2C10H14O2.C9H12O3.C9H12O2.C8H10O3/c1-4-5-3-6-8(7(5)10(12)14-2)11(13)15-9(4)6;1-6-10(2)4-7-8(5-10)11(6,3)13-9(7)12;1-3-6-4(9(11)13-2)5-8(14-6)7(3)15-10(5)12;1-10(2)5-3-6-7(4-5)9(11)12-8(6)10;1-5-6-3-7-8(4-6)12-9(11)10(5,7)2;1-9(2)5-3-4-6(11-5)7(9)12-8(4)10;1-4-5-2-6-7(3-5)11-9(10)8(4)6;1-3-5-2-4-7(10-5)6(3)11-8(4)9/h4-9H,3H2,1-2H3;6-8H,4-5H2,1-3H3;3-8H,1-2H3;2*5-8H,3-4H2,1-2H3;4-7H,3H2,1-2H3;4-8H,2-3H2,1H3;3-7H,2H2,1H3. The van der Waals surface area contributed by atoms with Crippen LogP contribution in [-0.2, 0) is 110 Å². The molecule has 14 saturated heterocycles. The summed E-state index contributed by atoms with van der Waals surface area (Å²) in [6.07, 6.45) is 13.1. The number of ether oxygens (including phenoxy) is 13. The first-order valence-electron chi connectivity index (χ1n) is 38.4. The molecule has 16 bridgehead atoms. The summed E-state index contributed by atoms with van der Waals surface area (Å²) in [6.45, 7) is 28.1. The van der Waals surface area contributed by atoms with Crippen LogP contribution < -0.4 is 0 Å². The molecule has 0 spiro atoms. The van der Waals surface area contributed by atoms with Gasteiger partial charge in [-0.25, -0.2) is 0 Å². The normalized spacial score (nSPS) is 55.8. The van der Waals surface area contributed by atoms with Crippen LogP contribution in [0.5, 0.6) is 0 Å². The Morgan fingerprint density at radius 1 is 0.406 bits per heavy atom. The smallest absolute Gasteiger partial charge is 0.313 e. The molecular formula is C78H104O23. The van der Waals surface area contributed by atoms with Crippen molar-refractivity contribution in [3.05, 3.63) is 0 Å². The van der Waals surface area contributed by atoms with Crippen molar-refractivity contribution in [2.24, 2.45) is 164 Å². The molecule has 0 aromatic rings. The van der Waals surface area contributed by atoms with Gasteiger partial charge in [-0.3, -0.25) is 47.9 Å². The molecule has 0 N–H and O–H groups in total. The summed E-state index contributed by atoms with van der Waals surface area (Å²) in [6, 6.07) is 0. The number of methoxy groups -OCH3 is 2. The third kappa shape index (κ3) is 9.41. The molecule has 23 heteroatoms. The fourth-order valence-electron chi connectivity index (χ4n) is 26.7. The first-order chi connectivity index (χ1) is 47.7.